The van der Waals surface area contributed by atoms with E-state index in [0.717, 1.165) is 12.1 Å². The summed E-state index contributed by atoms with van der Waals surface area (Å²) in [6.07, 6.45) is -0.214. The van der Waals surface area contributed by atoms with Crippen LogP contribution in [0.15, 0.2) is 18.2 Å². The molecule has 2 aliphatic rings. The minimum atomic E-state index is -0.874. The van der Waals surface area contributed by atoms with Crippen LogP contribution >= 0.6 is 0 Å². The number of hydrogen-bond donors (Lipinski definition) is 1. The number of nitrogens with one attached hydrogen (secondary N) is 1. The molecule has 25 heavy (non-hydrogen) atoms. The Bertz CT molecular complexity index is 642. The van der Waals surface area contributed by atoms with E-state index in [-0.39, 0.29) is 25.1 Å². The van der Waals surface area contributed by atoms with Gasteiger partial charge in [-0.1, -0.05) is 6.07 Å². The van der Waals surface area contributed by atoms with E-state index in [4.69, 9.17) is 4.74 Å². The highest BCUT2D eigenvalue weighted by Gasteiger charge is 2.34. The van der Waals surface area contributed by atoms with Crippen molar-refractivity contribution in [3.63, 3.8) is 0 Å². The first kappa shape index (κ1) is 17.8. The Morgan fingerprint density at radius 3 is 2.32 bits per heavy atom. The Labute approximate surface area is 144 Å². The fourth-order valence-corrected chi connectivity index (χ4v) is 3.20. The topological polar surface area (TPSA) is 61.9 Å². The van der Waals surface area contributed by atoms with E-state index in [2.05, 4.69) is 5.32 Å². The SMILES string of the molecule is C[C@H]1OCCN[C@@H]1C(=O)N1CCN(C(=O)c2c(F)cccc2F)CC1. The third kappa shape index (κ3) is 3.64. The van der Waals surface area contributed by atoms with Crippen LogP contribution in [0, 0.1) is 11.6 Å². The predicted molar refractivity (Wildman–Crippen MR) is 86.0 cm³/mol. The fraction of sp³-hybridized carbons (Fsp3) is 0.529. The number of nitrogens with zero attached hydrogens (tertiary/aromatic N) is 2. The second kappa shape index (κ2) is 7.45. The van der Waals surface area contributed by atoms with Crippen LogP contribution in [0.1, 0.15) is 17.3 Å². The lowest BCUT2D eigenvalue weighted by Gasteiger charge is -2.38. The van der Waals surface area contributed by atoms with Gasteiger partial charge in [0, 0.05) is 32.7 Å². The van der Waals surface area contributed by atoms with Gasteiger partial charge >= 0.3 is 0 Å². The van der Waals surface area contributed by atoms with Crippen LogP contribution in [0.3, 0.4) is 0 Å². The van der Waals surface area contributed by atoms with Gasteiger partial charge in [0.25, 0.3) is 5.91 Å². The Kier molecular flexibility index (Phi) is 5.29. The number of rotatable bonds is 2. The van der Waals surface area contributed by atoms with Crippen molar-refractivity contribution in [3.05, 3.63) is 35.4 Å². The molecule has 1 N–H and O–H groups in total. The zero-order chi connectivity index (χ0) is 18.0. The Morgan fingerprint density at radius 1 is 1.12 bits per heavy atom. The summed E-state index contributed by atoms with van der Waals surface area (Å²) in [5, 5.41) is 3.14. The van der Waals surface area contributed by atoms with Crippen LogP contribution in [0.25, 0.3) is 0 Å². The highest BCUT2D eigenvalue weighted by atomic mass is 19.1. The number of amides is 2. The average molecular weight is 353 g/mol. The molecule has 0 bridgehead atoms. The van der Waals surface area contributed by atoms with Gasteiger partial charge in [-0.2, -0.15) is 0 Å². The van der Waals surface area contributed by atoms with Gasteiger partial charge in [0.2, 0.25) is 5.91 Å². The molecule has 8 heteroatoms. The van der Waals surface area contributed by atoms with E-state index in [9.17, 15) is 18.4 Å². The maximum absolute atomic E-state index is 13.8. The molecule has 2 saturated heterocycles. The van der Waals surface area contributed by atoms with Crippen molar-refractivity contribution in [3.8, 4) is 0 Å². The molecule has 2 aliphatic heterocycles. The van der Waals surface area contributed by atoms with Gasteiger partial charge in [0.05, 0.1) is 12.7 Å². The van der Waals surface area contributed by atoms with Crippen LogP contribution in [-0.2, 0) is 9.53 Å². The number of morpholine rings is 1. The third-order valence-corrected chi connectivity index (χ3v) is 4.64. The van der Waals surface area contributed by atoms with Crippen molar-refractivity contribution in [1.29, 1.82) is 0 Å². The van der Waals surface area contributed by atoms with E-state index in [1.54, 1.807) is 4.90 Å². The number of halogens is 2. The van der Waals surface area contributed by atoms with Crippen molar-refractivity contribution in [1.82, 2.24) is 15.1 Å². The molecule has 2 amide bonds. The molecule has 0 aromatic heterocycles. The highest BCUT2D eigenvalue weighted by molar-refractivity contribution is 5.95. The van der Waals surface area contributed by atoms with Gasteiger partial charge in [-0.15, -0.1) is 0 Å². The van der Waals surface area contributed by atoms with Gasteiger partial charge in [0.15, 0.2) is 0 Å². The van der Waals surface area contributed by atoms with Crippen molar-refractivity contribution in [2.45, 2.75) is 19.1 Å². The molecule has 2 heterocycles. The van der Waals surface area contributed by atoms with E-state index < -0.39 is 29.1 Å². The smallest absolute Gasteiger partial charge is 0.259 e. The summed E-state index contributed by atoms with van der Waals surface area (Å²) >= 11 is 0. The fourth-order valence-electron chi connectivity index (χ4n) is 3.20. The lowest BCUT2D eigenvalue weighted by atomic mass is 10.1. The highest BCUT2D eigenvalue weighted by Crippen LogP contribution is 2.17. The van der Waals surface area contributed by atoms with E-state index >= 15 is 0 Å². The summed E-state index contributed by atoms with van der Waals surface area (Å²) in [5.74, 6) is -2.51. The molecule has 1 aromatic carbocycles. The van der Waals surface area contributed by atoms with Crippen molar-refractivity contribution >= 4 is 11.8 Å². The molecule has 0 unspecified atom stereocenters. The Balaban J connectivity index is 1.62. The summed E-state index contributed by atoms with van der Waals surface area (Å²) in [4.78, 5) is 28.0. The molecule has 0 aliphatic carbocycles. The summed E-state index contributed by atoms with van der Waals surface area (Å²) < 4.78 is 33.0. The van der Waals surface area contributed by atoms with Crippen LogP contribution in [0.5, 0.6) is 0 Å². The summed E-state index contributed by atoms with van der Waals surface area (Å²) in [6, 6.07) is 2.94. The maximum atomic E-state index is 13.8. The molecular formula is C17H21F2N3O3. The third-order valence-electron chi connectivity index (χ3n) is 4.64. The first-order chi connectivity index (χ1) is 12.0. The summed E-state index contributed by atoms with van der Waals surface area (Å²) in [5.41, 5.74) is -0.543. The largest absolute Gasteiger partial charge is 0.375 e. The normalized spacial score (nSPS) is 24.3. The van der Waals surface area contributed by atoms with Gasteiger partial charge in [-0.05, 0) is 19.1 Å². The number of carbonyl (C=O) groups excluding carboxylic acids is 2. The quantitative estimate of drug-likeness (QED) is 0.847. The summed E-state index contributed by atoms with van der Waals surface area (Å²) in [6.45, 7) is 4.15. The maximum Gasteiger partial charge on any atom is 0.259 e. The Hall–Kier alpha value is -2.06. The lowest BCUT2D eigenvalue weighted by Crippen LogP contribution is -2.60. The van der Waals surface area contributed by atoms with Gasteiger partial charge in [-0.25, -0.2) is 8.78 Å². The lowest BCUT2D eigenvalue weighted by molar-refractivity contribution is -0.140. The van der Waals surface area contributed by atoms with Crippen LogP contribution in [0.2, 0.25) is 0 Å². The Morgan fingerprint density at radius 2 is 1.72 bits per heavy atom. The minimum absolute atomic E-state index is 0.0728. The predicted octanol–water partition coefficient (Wildman–Crippen LogP) is 0.626. The van der Waals surface area contributed by atoms with Gasteiger partial charge in [-0.3, -0.25) is 9.59 Å². The average Bonchev–Trinajstić information content (AvgIpc) is 2.61. The van der Waals surface area contributed by atoms with Crippen LogP contribution in [-0.4, -0.2) is 73.1 Å². The number of hydrogen-bond acceptors (Lipinski definition) is 4. The minimum Gasteiger partial charge on any atom is -0.375 e. The first-order valence-corrected chi connectivity index (χ1v) is 8.36. The molecule has 2 fully saturated rings. The molecule has 2 atom stereocenters. The van der Waals surface area contributed by atoms with Gasteiger partial charge < -0.3 is 19.9 Å². The summed E-state index contributed by atoms with van der Waals surface area (Å²) in [7, 11) is 0. The van der Waals surface area contributed by atoms with Crippen molar-refractivity contribution in [2.75, 3.05) is 39.3 Å². The van der Waals surface area contributed by atoms with E-state index in [0.29, 0.717) is 26.2 Å². The number of ether oxygens (including phenoxy) is 1. The number of benzene rings is 1. The van der Waals surface area contributed by atoms with E-state index in [1.165, 1.54) is 11.0 Å². The molecule has 1 aromatic rings. The van der Waals surface area contributed by atoms with E-state index in [1.807, 2.05) is 6.92 Å². The zero-order valence-electron chi connectivity index (χ0n) is 14.0. The second-order valence-corrected chi connectivity index (χ2v) is 6.22. The molecule has 0 radical (unpaired) electrons. The molecule has 3 rings (SSSR count). The monoisotopic (exact) mass is 353 g/mol. The number of piperazine rings is 1. The van der Waals surface area contributed by atoms with Crippen LogP contribution < -0.4 is 5.32 Å². The molecule has 0 spiro atoms. The second-order valence-electron chi connectivity index (χ2n) is 6.22. The molecule has 0 saturated carbocycles. The molecule has 6 nitrogen and oxygen atoms in total. The molecule has 136 valence electrons. The standard InChI is InChI=1S/C17H21F2N3O3/c1-11-15(20-5-10-25-11)17(24)22-8-6-21(7-9-22)16(23)14-12(18)3-2-4-13(14)19/h2-4,11,15,20H,5-10H2,1H3/t11-,15+/m1/s1. The van der Waals surface area contributed by atoms with Gasteiger partial charge in [0.1, 0.15) is 23.2 Å². The van der Waals surface area contributed by atoms with Crippen molar-refractivity contribution in [2.24, 2.45) is 0 Å². The molecular weight excluding hydrogens is 332 g/mol. The number of carbonyl (C=O) groups is 2. The zero-order valence-corrected chi connectivity index (χ0v) is 14.0. The van der Waals surface area contributed by atoms with Crippen molar-refractivity contribution < 1.29 is 23.1 Å². The first-order valence-electron chi connectivity index (χ1n) is 8.36. The van der Waals surface area contributed by atoms with Crippen LogP contribution in [0.4, 0.5) is 8.78 Å².